The number of nitrogens with zero attached hydrogens (tertiary/aromatic N) is 2. The normalized spacial score (nSPS) is 13.2. The first kappa shape index (κ1) is 12.3. The maximum atomic E-state index is 12.0. The average molecular weight is 267 g/mol. The van der Waals surface area contributed by atoms with Crippen molar-refractivity contribution in [3.63, 3.8) is 0 Å². The van der Waals surface area contributed by atoms with Crippen LogP contribution in [0, 0.1) is 0 Å². The van der Waals surface area contributed by atoms with E-state index in [9.17, 15) is 9.59 Å². The molecular formula is C15H13N3O2. The number of likely N-dealkylation sites (N-methyl/N-ethyl adjacent to an activating group) is 1. The van der Waals surface area contributed by atoms with Crippen molar-refractivity contribution < 1.29 is 9.59 Å². The molecule has 0 spiro atoms. The van der Waals surface area contributed by atoms with Crippen molar-refractivity contribution in [1.82, 2.24) is 4.98 Å². The van der Waals surface area contributed by atoms with Crippen molar-refractivity contribution in [3.05, 3.63) is 53.9 Å². The fourth-order valence-corrected chi connectivity index (χ4v) is 2.25. The highest BCUT2D eigenvalue weighted by atomic mass is 16.2. The summed E-state index contributed by atoms with van der Waals surface area (Å²) in [6.45, 7) is 0. The molecule has 20 heavy (non-hydrogen) atoms. The predicted molar refractivity (Wildman–Crippen MR) is 75.7 cm³/mol. The van der Waals surface area contributed by atoms with Gasteiger partial charge in [0, 0.05) is 36.4 Å². The van der Waals surface area contributed by atoms with E-state index in [0.717, 1.165) is 11.3 Å². The summed E-state index contributed by atoms with van der Waals surface area (Å²) in [6.07, 6.45) is 3.53. The van der Waals surface area contributed by atoms with Crippen LogP contribution in [-0.4, -0.2) is 23.8 Å². The molecule has 0 radical (unpaired) electrons. The van der Waals surface area contributed by atoms with Crippen LogP contribution in [-0.2, 0) is 11.2 Å². The first-order valence-corrected chi connectivity index (χ1v) is 6.26. The molecule has 1 aliphatic rings. The highest BCUT2D eigenvalue weighted by molar-refractivity contribution is 6.05. The number of nitrogens with one attached hydrogen (secondary N) is 1. The van der Waals surface area contributed by atoms with Gasteiger partial charge < -0.3 is 10.2 Å². The summed E-state index contributed by atoms with van der Waals surface area (Å²) < 4.78 is 0. The molecule has 0 fully saturated rings. The Morgan fingerprint density at radius 3 is 2.75 bits per heavy atom. The highest BCUT2D eigenvalue weighted by Crippen LogP contribution is 2.30. The van der Waals surface area contributed by atoms with E-state index in [1.54, 1.807) is 42.5 Å². The highest BCUT2D eigenvalue weighted by Gasteiger charge is 2.24. The number of aromatic nitrogens is 1. The van der Waals surface area contributed by atoms with Crippen LogP contribution >= 0.6 is 0 Å². The van der Waals surface area contributed by atoms with Crippen molar-refractivity contribution in [3.8, 4) is 0 Å². The molecule has 0 aliphatic carbocycles. The summed E-state index contributed by atoms with van der Waals surface area (Å²) in [5.74, 6) is -0.123. The molecule has 0 bridgehead atoms. The Kier molecular flexibility index (Phi) is 2.95. The molecule has 1 N–H and O–H groups in total. The smallest absolute Gasteiger partial charge is 0.255 e. The Morgan fingerprint density at radius 2 is 2.00 bits per heavy atom. The summed E-state index contributed by atoms with van der Waals surface area (Å²) in [6, 6.07) is 8.80. The number of carbonyl (C=O) groups excluding carboxylic acids is 2. The van der Waals surface area contributed by atoms with Gasteiger partial charge in [-0.3, -0.25) is 14.6 Å². The first-order valence-electron chi connectivity index (χ1n) is 6.26. The number of rotatable bonds is 2. The van der Waals surface area contributed by atoms with Gasteiger partial charge in [0.2, 0.25) is 5.91 Å². The molecule has 5 heteroatoms. The second-order valence-corrected chi connectivity index (χ2v) is 4.66. The third-order valence-corrected chi connectivity index (χ3v) is 3.36. The molecule has 3 rings (SSSR count). The van der Waals surface area contributed by atoms with Gasteiger partial charge in [-0.25, -0.2) is 0 Å². The van der Waals surface area contributed by atoms with E-state index in [0.29, 0.717) is 17.7 Å². The van der Waals surface area contributed by atoms with Gasteiger partial charge in [0.15, 0.2) is 0 Å². The molecule has 0 atom stereocenters. The van der Waals surface area contributed by atoms with Crippen LogP contribution in [0.5, 0.6) is 0 Å². The van der Waals surface area contributed by atoms with Crippen molar-refractivity contribution >= 4 is 23.2 Å². The van der Waals surface area contributed by atoms with Crippen molar-refractivity contribution in [2.45, 2.75) is 6.42 Å². The standard InChI is InChI=1S/C15H13N3O2/c1-18-13-3-2-12(8-11(13)9-14(18)19)17-15(20)10-4-6-16-7-5-10/h2-8H,9H2,1H3,(H,17,20). The van der Waals surface area contributed by atoms with Crippen LogP contribution in [0.4, 0.5) is 11.4 Å². The summed E-state index contributed by atoms with van der Waals surface area (Å²) >= 11 is 0. The monoisotopic (exact) mass is 267 g/mol. The molecule has 0 unspecified atom stereocenters. The Morgan fingerprint density at radius 1 is 1.25 bits per heavy atom. The maximum Gasteiger partial charge on any atom is 0.255 e. The summed E-state index contributed by atoms with van der Waals surface area (Å²) in [5, 5.41) is 2.82. The molecule has 100 valence electrons. The lowest BCUT2D eigenvalue weighted by atomic mass is 10.1. The van der Waals surface area contributed by atoms with Gasteiger partial charge >= 0.3 is 0 Å². The third kappa shape index (κ3) is 2.14. The van der Waals surface area contributed by atoms with E-state index in [-0.39, 0.29) is 11.8 Å². The number of anilines is 2. The van der Waals surface area contributed by atoms with Crippen molar-refractivity contribution in [2.24, 2.45) is 0 Å². The molecule has 1 aliphatic heterocycles. The zero-order valence-corrected chi connectivity index (χ0v) is 11.0. The van der Waals surface area contributed by atoms with E-state index < -0.39 is 0 Å². The lowest BCUT2D eigenvalue weighted by Crippen LogP contribution is -2.20. The van der Waals surface area contributed by atoms with Crippen LogP contribution < -0.4 is 10.2 Å². The zero-order valence-electron chi connectivity index (χ0n) is 11.0. The minimum Gasteiger partial charge on any atom is -0.322 e. The van der Waals surface area contributed by atoms with E-state index in [1.165, 1.54) is 0 Å². The van der Waals surface area contributed by atoms with E-state index in [2.05, 4.69) is 10.3 Å². The van der Waals surface area contributed by atoms with Crippen LogP contribution in [0.25, 0.3) is 0 Å². The summed E-state index contributed by atoms with van der Waals surface area (Å²) in [5.41, 5.74) is 3.07. The zero-order chi connectivity index (χ0) is 14.1. The number of pyridine rings is 1. The van der Waals surface area contributed by atoms with Crippen molar-refractivity contribution in [2.75, 3.05) is 17.3 Å². The number of benzene rings is 1. The minimum atomic E-state index is -0.190. The predicted octanol–water partition coefficient (Wildman–Crippen LogP) is 1.85. The Balaban J connectivity index is 1.82. The second-order valence-electron chi connectivity index (χ2n) is 4.66. The molecule has 1 aromatic carbocycles. The van der Waals surface area contributed by atoms with Crippen LogP contribution in [0.2, 0.25) is 0 Å². The minimum absolute atomic E-state index is 0.0672. The average Bonchev–Trinajstić information content (AvgIpc) is 2.74. The maximum absolute atomic E-state index is 12.0. The fraction of sp³-hybridized carbons (Fsp3) is 0.133. The van der Waals surface area contributed by atoms with Gasteiger partial charge in [-0.1, -0.05) is 0 Å². The van der Waals surface area contributed by atoms with E-state index in [1.807, 2.05) is 12.1 Å². The van der Waals surface area contributed by atoms with Crippen molar-refractivity contribution in [1.29, 1.82) is 0 Å². The van der Waals surface area contributed by atoms with E-state index in [4.69, 9.17) is 0 Å². The van der Waals surface area contributed by atoms with Gasteiger partial charge in [-0.2, -0.15) is 0 Å². The molecule has 2 heterocycles. The number of hydrogen-bond acceptors (Lipinski definition) is 3. The second kappa shape index (κ2) is 4.77. The molecule has 0 saturated heterocycles. The SMILES string of the molecule is CN1C(=O)Cc2cc(NC(=O)c3ccncc3)ccc21. The number of carbonyl (C=O) groups is 2. The summed E-state index contributed by atoms with van der Waals surface area (Å²) in [4.78, 5) is 29.1. The van der Waals surface area contributed by atoms with E-state index >= 15 is 0 Å². The van der Waals surface area contributed by atoms with Gasteiger partial charge in [0.25, 0.3) is 5.91 Å². The number of fused-ring (bicyclic) bond motifs is 1. The number of hydrogen-bond donors (Lipinski definition) is 1. The Bertz CT molecular complexity index is 683. The Labute approximate surface area is 116 Å². The molecule has 2 amide bonds. The van der Waals surface area contributed by atoms with Gasteiger partial charge in [-0.15, -0.1) is 0 Å². The van der Waals surface area contributed by atoms with Crippen LogP contribution in [0.15, 0.2) is 42.7 Å². The van der Waals surface area contributed by atoms with Gasteiger partial charge in [-0.05, 0) is 35.9 Å². The quantitative estimate of drug-likeness (QED) is 0.903. The lowest BCUT2D eigenvalue weighted by Gasteiger charge is -2.11. The van der Waals surface area contributed by atoms with Crippen LogP contribution in [0.3, 0.4) is 0 Å². The third-order valence-electron chi connectivity index (χ3n) is 3.36. The molecular weight excluding hydrogens is 254 g/mol. The first-order chi connectivity index (χ1) is 9.65. The number of amides is 2. The van der Waals surface area contributed by atoms with Gasteiger partial charge in [0.05, 0.1) is 6.42 Å². The Hall–Kier alpha value is -2.69. The summed E-state index contributed by atoms with van der Waals surface area (Å²) in [7, 11) is 1.75. The molecule has 0 saturated carbocycles. The van der Waals surface area contributed by atoms with Crippen LogP contribution in [0.1, 0.15) is 15.9 Å². The fourth-order valence-electron chi connectivity index (χ4n) is 2.25. The molecule has 2 aromatic rings. The largest absolute Gasteiger partial charge is 0.322 e. The molecule has 1 aromatic heterocycles. The topological polar surface area (TPSA) is 62.3 Å². The lowest BCUT2D eigenvalue weighted by molar-refractivity contribution is -0.117. The molecule has 5 nitrogen and oxygen atoms in total. The van der Waals surface area contributed by atoms with Gasteiger partial charge in [0.1, 0.15) is 0 Å².